The largest absolute Gasteiger partial charge is 0.459 e. The number of aryl methyl sites for hydroxylation is 1. The summed E-state index contributed by atoms with van der Waals surface area (Å²) >= 11 is 0. The molecule has 3 rings (SSSR count). The molecule has 3 N–H and O–H groups in total. The minimum atomic E-state index is -0.741. The van der Waals surface area contributed by atoms with Gasteiger partial charge in [0.2, 0.25) is 5.91 Å². The molecule has 160 valence electrons. The van der Waals surface area contributed by atoms with Crippen molar-refractivity contribution in [3.8, 4) is 0 Å². The number of esters is 1. The Morgan fingerprint density at radius 2 is 1.94 bits per heavy atom. The Morgan fingerprint density at radius 3 is 2.65 bits per heavy atom. The highest BCUT2D eigenvalue weighted by Crippen LogP contribution is 2.21. The maximum absolute atomic E-state index is 13.0. The maximum atomic E-state index is 13.0. The summed E-state index contributed by atoms with van der Waals surface area (Å²) in [6.45, 7) is 0.704. The lowest BCUT2D eigenvalue weighted by molar-refractivity contribution is -0.144. The van der Waals surface area contributed by atoms with Gasteiger partial charge in [0.05, 0.1) is 17.6 Å². The molecule has 0 aliphatic carbocycles. The van der Waals surface area contributed by atoms with Crippen molar-refractivity contribution in [1.82, 2.24) is 14.5 Å². The van der Waals surface area contributed by atoms with Crippen LogP contribution in [0.4, 0.5) is 11.4 Å². The van der Waals surface area contributed by atoms with Gasteiger partial charge in [0, 0.05) is 18.0 Å². The van der Waals surface area contributed by atoms with Crippen LogP contribution in [0.5, 0.6) is 0 Å². The predicted octanol–water partition coefficient (Wildman–Crippen LogP) is 0.599. The van der Waals surface area contributed by atoms with Gasteiger partial charge >= 0.3 is 11.7 Å². The Kier molecular flexibility index (Phi) is 6.61. The number of aromatic nitrogens is 3. The van der Waals surface area contributed by atoms with Crippen molar-refractivity contribution in [2.45, 2.75) is 20.1 Å². The molecule has 0 saturated heterocycles. The van der Waals surface area contributed by atoms with E-state index < -0.39 is 36.2 Å². The predicted molar refractivity (Wildman–Crippen MR) is 113 cm³/mol. The Morgan fingerprint density at radius 1 is 1.19 bits per heavy atom. The van der Waals surface area contributed by atoms with Crippen molar-refractivity contribution in [2.75, 3.05) is 17.2 Å². The summed E-state index contributed by atoms with van der Waals surface area (Å²) in [6.07, 6.45) is 4.07. The minimum Gasteiger partial charge on any atom is -0.459 e. The second-order valence-corrected chi connectivity index (χ2v) is 6.76. The number of hydrogen-bond acceptors (Lipinski definition) is 7. The second kappa shape index (κ2) is 9.53. The van der Waals surface area contributed by atoms with Crippen LogP contribution < -0.4 is 21.9 Å². The number of hydrogen-bond donors (Lipinski definition) is 2. The topological polar surface area (TPSA) is 140 Å². The van der Waals surface area contributed by atoms with E-state index in [0.717, 1.165) is 15.0 Å². The number of amides is 1. The van der Waals surface area contributed by atoms with E-state index in [0.29, 0.717) is 0 Å². The lowest BCUT2D eigenvalue weighted by Gasteiger charge is -2.23. The van der Waals surface area contributed by atoms with Crippen LogP contribution in [0.15, 0.2) is 64.6 Å². The van der Waals surface area contributed by atoms with E-state index in [-0.39, 0.29) is 23.5 Å². The third-order valence-corrected chi connectivity index (χ3v) is 4.45. The van der Waals surface area contributed by atoms with Crippen LogP contribution in [0.3, 0.4) is 0 Å². The molecule has 0 unspecified atom stereocenters. The summed E-state index contributed by atoms with van der Waals surface area (Å²) in [5.74, 6) is -1.27. The van der Waals surface area contributed by atoms with Crippen LogP contribution in [0.2, 0.25) is 0 Å². The molecular formula is C21H21N5O5. The van der Waals surface area contributed by atoms with E-state index in [1.807, 2.05) is 18.2 Å². The van der Waals surface area contributed by atoms with E-state index in [1.165, 1.54) is 31.6 Å². The van der Waals surface area contributed by atoms with Gasteiger partial charge in [0.1, 0.15) is 19.7 Å². The first kappa shape index (κ1) is 21.5. The third-order valence-electron chi connectivity index (χ3n) is 4.45. The fraction of sp³-hybridized carbons (Fsp3) is 0.190. The first-order valence-electron chi connectivity index (χ1n) is 9.35. The van der Waals surface area contributed by atoms with Crippen LogP contribution in [-0.4, -0.2) is 33.0 Å². The van der Waals surface area contributed by atoms with Crippen molar-refractivity contribution in [3.63, 3.8) is 0 Å². The zero-order valence-electron chi connectivity index (χ0n) is 16.8. The number of nitrogen functional groups attached to an aromatic ring is 1. The van der Waals surface area contributed by atoms with E-state index in [1.54, 1.807) is 12.1 Å². The summed E-state index contributed by atoms with van der Waals surface area (Å²) in [5, 5.41) is 0. The van der Waals surface area contributed by atoms with Crippen molar-refractivity contribution in [3.05, 3.63) is 87.0 Å². The molecule has 0 spiro atoms. The second-order valence-electron chi connectivity index (χ2n) is 6.76. The molecule has 2 aromatic heterocycles. The Labute approximate surface area is 176 Å². The van der Waals surface area contributed by atoms with Gasteiger partial charge in [0.15, 0.2) is 0 Å². The standard InChI is InChI=1S/C21H21N5O5/c1-14-10-25(21(30)24-20(14)29)11-18(27)26(17-9-23-8-7-16(17)22)12-19(28)31-13-15-5-3-2-4-6-15/h2-10H,11-13H2,1H3,(H2,22,23)(H,24,29,30). The molecule has 0 radical (unpaired) electrons. The number of carbonyl (C=O) groups excluding carboxylic acids is 2. The fourth-order valence-electron chi connectivity index (χ4n) is 2.81. The average molecular weight is 423 g/mol. The number of nitrogens with two attached hydrogens (primary N) is 1. The van der Waals surface area contributed by atoms with Gasteiger partial charge in [-0.3, -0.25) is 33.8 Å². The Balaban J connectivity index is 1.81. The normalized spacial score (nSPS) is 10.5. The quantitative estimate of drug-likeness (QED) is 0.530. The first-order valence-corrected chi connectivity index (χ1v) is 9.35. The number of carbonyl (C=O) groups is 2. The van der Waals surface area contributed by atoms with E-state index in [2.05, 4.69) is 9.97 Å². The van der Waals surface area contributed by atoms with Gasteiger partial charge in [-0.15, -0.1) is 0 Å². The van der Waals surface area contributed by atoms with Gasteiger partial charge in [-0.25, -0.2) is 4.79 Å². The van der Waals surface area contributed by atoms with E-state index in [4.69, 9.17) is 10.5 Å². The minimum absolute atomic E-state index is 0.0444. The highest BCUT2D eigenvalue weighted by atomic mass is 16.5. The number of ether oxygens (including phenoxy) is 1. The van der Waals surface area contributed by atoms with E-state index >= 15 is 0 Å². The van der Waals surface area contributed by atoms with Crippen molar-refractivity contribution in [1.29, 1.82) is 0 Å². The summed E-state index contributed by atoms with van der Waals surface area (Å²) in [5.41, 5.74) is 6.18. The van der Waals surface area contributed by atoms with Crippen LogP contribution in [0.25, 0.3) is 0 Å². The molecule has 1 aromatic carbocycles. The number of nitrogens with zero attached hydrogens (tertiary/aromatic N) is 3. The molecule has 0 bridgehead atoms. The Hall–Kier alpha value is -4.21. The SMILES string of the molecule is Cc1cn(CC(=O)N(CC(=O)OCc2ccccc2)c2cnccc2N)c(=O)[nH]c1=O. The molecule has 0 aliphatic heterocycles. The molecule has 2 heterocycles. The molecule has 10 nitrogen and oxygen atoms in total. The maximum Gasteiger partial charge on any atom is 0.328 e. The van der Waals surface area contributed by atoms with Gasteiger partial charge in [0.25, 0.3) is 5.56 Å². The third kappa shape index (κ3) is 5.44. The van der Waals surface area contributed by atoms with Crippen molar-refractivity contribution >= 4 is 23.3 Å². The highest BCUT2D eigenvalue weighted by molar-refractivity contribution is 5.99. The number of aromatic amines is 1. The van der Waals surface area contributed by atoms with Gasteiger partial charge in [-0.05, 0) is 18.6 Å². The molecular weight excluding hydrogens is 402 g/mol. The van der Waals surface area contributed by atoms with Crippen LogP contribution in [-0.2, 0) is 27.5 Å². The lowest BCUT2D eigenvalue weighted by Crippen LogP contribution is -2.42. The molecule has 0 atom stereocenters. The Bertz CT molecular complexity index is 1200. The van der Waals surface area contributed by atoms with E-state index in [9.17, 15) is 19.2 Å². The summed E-state index contributed by atoms with van der Waals surface area (Å²) in [7, 11) is 0. The molecule has 0 saturated carbocycles. The van der Waals surface area contributed by atoms with Crippen molar-refractivity contribution < 1.29 is 14.3 Å². The van der Waals surface area contributed by atoms with Gasteiger partial charge in [-0.1, -0.05) is 30.3 Å². The number of nitrogens with one attached hydrogen (secondary N) is 1. The monoisotopic (exact) mass is 423 g/mol. The molecule has 3 aromatic rings. The molecule has 31 heavy (non-hydrogen) atoms. The first-order chi connectivity index (χ1) is 14.8. The van der Waals surface area contributed by atoms with Crippen molar-refractivity contribution in [2.24, 2.45) is 0 Å². The fourth-order valence-corrected chi connectivity index (χ4v) is 2.81. The number of H-pyrrole nitrogens is 1. The van der Waals surface area contributed by atoms with Crippen LogP contribution >= 0.6 is 0 Å². The van der Waals surface area contributed by atoms with Gasteiger partial charge in [-0.2, -0.15) is 0 Å². The van der Waals surface area contributed by atoms with Crippen LogP contribution in [0.1, 0.15) is 11.1 Å². The summed E-state index contributed by atoms with van der Waals surface area (Å²) in [4.78, 5) is 56.2. The molecule has 0 aliphatic rings. The summed E-state index contributed by atoms with van der Waals surface area (Å²) < 4.78 is 6.32. The number of benzene rings is 1. The smallest absolute Gasteiger partial charge is 0.328 e. The molecule has 0 fully saturated rings. The number of rotatable bonds is 7. The molecule has 1 amide bonds. The number of anilines is 2. The molecule has 10 heteroatoms. The average Bonchev–Trinajstić information content (AvgIpc) is 2.75. The summed E-state index contributed by atoms with van der Waals surface area (Å²) in [6, 6.07) is 10.6. The van der Waals surface area contributed by atoms with Gasteiger partial charge < -0.3 is 10.5 Å². The number of pyridine rings is 1. The van der Waals surface area contributed by atoms with Crippen LogP contribution in [0, 0.1) is 6.92 Å². The highest BCUT2D eigenvalue weighted by Gasteiger charge is 2.23. The lowest BCUT2D eigenvalue weighted by atomic mass is 10.2. The zero-order chi connectivity index (χ0) is 22.4. The zero-order valence-corrected chi connectivity index (χ0v) is 16.8.